The predicted molar refractivity (Wildman–Crippen MR) is 143 cm³/mol. The van der Waals surface area contributed by atoms with Crippen molar-refractivity contribution >= 4 is 23.1 Å². The summed E-state index contributed by atoms with van der Waals surface area (Å²) in [6, 6.07) is 16.8. The first-order chi connectivity index (χ1) is 19.2. The van der Waals surface area contributed by atoms with Crippen LogP contribution in [0.25, 0.3) is 0 Å². The Labute approximate surface area is 229 Å². The van der Waals surface area contributed by atoms with Gasteiger partial charge in [0.15, 0.2) is 11.5 Å². The molecule has 0 saturated carbocycles. The first kappa shape index (κ1) is 27.1. The Morgan fingerprint density at radius 1 is 0.900 bits per heavy atom. The van der Waals surface area contributed by atoms with Crippen molar-refractivity contribution in [3.63, 3.8) is 0 Å². The van der Waals surface area contributed by atoms with Crippen molar-refractivity contribution in [2.24, 2.45) is 5.92 Å². The summed E-state index contributed by atoms with van der Waals surface area (Å²) in [6.45, 7) is 0. The normalized spacial score (nSPS) is 20.4. The quantitative estimate of drug-likeness (QED) is 0.417. The third-order valence-corrected chi connectivity index (χ3v) is 7.27. The van der Waals surface area contributed by atoms with Crippen molar-refractivity contribution in [2.45, 2.75) is 24.6 Å². The van der Waals surface area contributed by atoms with Gasteiger partial charge >= 0.3 is 12.1 Å². The Hall–Kier alpha value is -4.47. The van der Waals surface area contributed by atoms with Crippen LogP contribution in [0.2, 0.25) is 0 Å². The summed E-state index contributed by atoms with van der Waals surface area (Å²) < 4.78 is 58.3. The first-order valence-electron chi connectivity index (χ1n) is 12.5. The topological polar surface area (TPSA) is 77.1 Å². The van der Waals surface area contributed by atoms with Gasteiger partial charge in [0, 0.05) is 18.0 Å². The van der Waals surface area contributed by atoms with Gasteiger partial charge < -0.3 is 19.5 Å². The molecule has 1 heterocycles. The van der Waals surface area contributed by atoms with E-state index < -0.39 is 24.0 Å². The molecular weight excluding hydrogens is 525 g/mol. The average Bonchev–Trinajstić information content (AvgIpc) is 3.10. The van der Waals surface area contributed by atoms with Gasteiger partial charge in [0.2, 0.25) is 0 Å². The number of benzene rings is 3. The molecule has 0 unspecified atom stereocenters. The SMILES string of the molecule is COc1ccc([C@@H]2C=C3Nc4ccccc4N(C(=O)C(F)(F)F)[C@H](c4ccc(OC)c(OC)c4)[C@@H]3C(=O)C2)cc1. The van der Waals surface area contributed by atoms with E-state index in [0.29, 0.717) is 27.7 Å². The zero-order valence-corrected chi connectivity index (χ0v) is 22.0. The van der Waals surface area contributed by atoms with Crippen LogP contribution in [-0.4, -0.2) is 39.2 Å². The van der Waals surface area contributed by atoms with Gasteiger partial charge in [-0.1, -0.05) is 36.4 Å². The number of methoxy groups -OCH3 is 3. The number of fused-ring (bicyclic) bond motifs is 2. The number of carbonyl (C=O) groups excluding carboxylic acids is 2. The Bertz CT molecular complexity index is 1470. The van der Waals surface area contributed by atoms with E-state index in [2.05, 4.69) is 5.32 Å². The van der Waals surface area contributed by atoms with Crippen LogP contribution in [0.5, 0.6) is 17.2 Å². The van der Waals surface area contributed by atoms with Gasteiger partial charge in [0.25, 0.3) is 0 Å². The molecule has 3 aromatic rings. The molecule has 1 N–H and O–H groups in total. The first-order valence-corrected chi connectivity index (χ1v) is 12.5. The van der Waals surface area contributed by atoms with Crippen LogP contribution < -0.4 is 24.4 Å². The van der Waals surface area contributed by atoms with Crippen LogP contribution in [0.4, 0.5) is 24.5 Å². The number of carbonyl (C=O) groups is 2. The van der Waals surface area contributed by atoms with Crippen molar-refractivity contribution < 1.29 is 37.0 Å². The van der Waals surface area contributed by atoms with E-state index in [1.54, 1.807) is 49.6 Å². The number of amides is 1. The van der Waals surface area contributed by atoms with Gasteiger partial charge in [-0.3, -0.25) is 14.5 Å². The molecule has 0 radical (unpaired) electrons. The number of halogens is 3. The lowest BCUT2D eigenvalue weighted by molar-refractivity contribution is -0.171. The predicted octanol–water partition coefficient (Wildman–Crippen LogP) is 6.03. The highest BCUT2D eigenvalue weighted by atomic mass is 19.4. The molecule has 10 heteroatoms. The molecule has 0 bridgehead atoms. The number of rotatable bonds is 5. The second-order valence-corrected chi connectivity index (χ2v) is 9.52. The Morgan fingerprint density at radius 3 is 2.23 bits per heavy atom. The van der Waals surface area contributed by atoms with Crippen molar-refractivity contribution in [3.05, 3.63) is 89.6 Å². The van der Waals surface area contributed by atoms with Gasteiger partial charge in [0.1, 0.15) is 11.5 Å². The van der Waals surface area contributed by atoms with Crippen LogP contribution in [0, 0.1) is 5.92 Å². The molecule has 5 rings (SSSR count). The number of ketones is 1. The molecule has 3 atom stereocenters. The maximum atomic E-state index is 14.1. The van der Waals surface area contributed by atoms with Gasteiger partial charge in [-0.2, -0.15) is 13.2 Å². The van der Waals surface area contributed by atoms with Gasteiger partial charge in [-0.25, -0.2) is 0 Å². The highest BCUT2D eigenvalue weighted by Crippen LogP contribution is 2.49. The van der Waals surface area contributed by atoms with E-state index in [0.717, 1.165) is 5.56 Å². The number of hydrogen-bond acceptors (Lipinski definition) is 6. The monoisotopic (exact) mass is 552 g/mol. The van der Waals surface area contributed by atoms with Crippen molar-refractivity contribution in [3.8, 4) is 17.2 Å². The number of Topliss-reactive ketones (excluding diaryl/α,β-unsaturated/α-hetero) is 1. The molecule has 2 aliphatic rings. The third kappa shape index (κ3) is 4.85. The molecule has 7 nitrogen and oxygen atoms in total. The van der Waals surface area contributed by atoms with E-state index >= 15 is 0 Å². The van der Waals surface area contributed by atoms with Crippen LogP contribution in [0.1, 0.15) is 29.5 Å². The maximum absolute atomic E-state index is 14.1. The Kier molecular flexibility index (Phi) is 7.18. The zero-order chi connectivity index (χ0) is 28.6. The number of hydrogen-bond donors (Lipinski definition) is 1. The standard InChI is InChI=1S/C30H27F3N2O5/c1-38-20-11-8-17(9-12-20)19-14-22-27(24(36)15-19)28(18-10-13-25(39-2)26(16-18)40-3)35(29(37)30(31,32)33)23-7-5-4-6-21(23)34-22/h4-14,16,19,27-28,34H,15H2,1-3H3/t19-,27+,28-/m1/s1. The molecule has 40 heavy (non-hydrogen) atoms. The summed E-state index contributed by atoms with van der Waals surface area (Å²) in [5, 5.41) is 3.20. The molecule has 0 aromatic heterocycles. The number of allylic oxidation sites excluding steroid dienone is 1. The number of para-hydroxylation sites is 2. The number of anilines is 2. The highest BCUT2D eigenvalue weighted by Gasteiger charge is 2.51. The second kappa shape index (κ2) is 10.6. The molecule has 208 valence electrons. The highest BCUT2D eigenvalue weighted by molar-refractivity contribution is 6.03. The minimum atomic E-state index is -5.19. The lowest BCUT2D eigenvalue weighted by atomic mass is 9.76. The Balaban J connectivity index is 1.73. The summed E-state index contributed by atoms with van der Waals surface area (Å²) in [6.07, 6.45) is -3.30. The molecule has 0 saturated heterocycles. The van der Waals surface area contributed by atoms with E-state index in [1.165, 1.54) is 26.4 Å². The fourth-order valence-corrected chi connectivity index (χ4v) is 5.42. The number of nitrogens with one attached hydrogen (secondary N) is 1. The number of alkyl halides is 3. The molecular formula is C30H27F3N2O5. The van der Waals surface area contributed by atoms with Gasteiger partial charge in [-0.05, 0) is 47.5 Å². The summed E-state index contributed by atoms with van der Waals surface area (Å²) in [4.78, 5) is 27.7. The number of nitrogens with zero attached hydrogens (tertiary/aromatic N) is 1. The van der Waals surface area contributed by atoms with Crippen molar-refractivity contribution in [2.75, 3.05) is 31.5 Å². The van der Waals surface area contributed by atoms with Crippen LogP contribution in [0.3, 0.4) is 0 Å². The van der Waals surface area contributed by atoms with Crippen LogP contribution >= 0.6 is 0 Å². The number of ether oxygens (including phenoxy) is 3. The Morgan fingerprint density at radius 2 is 1.57 bits per heavy atom. The molecule has 1 amide bonds. The maximum Gasteiger partial charge on any atom is 0.471 e. The minimum absolute atomic E-state index is 0.00806. The fraction of sp³-hybridized carbons (Fsp3) is 0.267. The van der Waals surface area contributed by atoms with Gasteiger partial charge in [-0.15, -0.1) is 0 Å². The average molecular weight is 553 g/mol. The molecule has 1 aliphatic heterocycles. The molecule has 1 aliphatic carbocycles. The van der Waals surface area contributed by atoms with Crippen molar-refractivity contribution in [1.29, 1.82) is 0 Å². The largest absolute Gasteiger partial charge is 0.497 e. The molecule has 0 fully saturated rings. The summed E-state index contributed by atoms with van der Waals surface area (Å²) in [7, 11) is 4.40. The smallest absolute Gasteiger partial charge is 0.471 e. The minimum Gasteiger partial charge on any atom is -0.497 e. The summed E-state index contributed by atoms with van der Waals surface area (Å²) in [5.41, 5.74) is 1.85. The van der Waals surface area contributed by atoms with E-state index in [-0.39, 0.29) is 35.2 Å². The molecule has 0 spiro atoms. The third-order valence-electron chi connectivity index (χ3n) is 7.27. The zero-order valence-electron chi connectivity index (χ0n) is 22.0. The fourth-order valence-electron chi connectivity index (χ4n) is 5.42. The van der Waals surface area contributed by atoms with Crippen molar-refractivity contribution in [1.82, 2.24) is 0 Å². The van der Waals surface area contributed by atoms with Crippen LogP contribution in [-0.2, 0) is 9.59 Å². The van der Waals surface area contributed by atoms with Crippen LogP contribution in [0.15, 0.2) is 78.5 Å². The lowest BCUT2D eigenvalue weighted by Crippen LogP contribution is -2.47. The second-order valence-electron chi connectivity index (χ2n) is 9.52. The van der Waals surface area contributed by atoms with E-state index in [9.17, 15) is 22.8 Å². The van der Waals surface area contributed by atoms with Gasteiger partial charge in [0.05, 0.1) is 44.7 Å². The molecule has 3 aromatic carbocycles. The summed E-state index contributed by atoms with van der Waals surface area (Å²) >= 11 is 0. The van der Waals surface area contributed by atoms with E-state index in [4.69, 9.17) is 14.2 Å². The lowest BCUT2D eigenvalue weighted by Gasteiger charge is -2.38. The van der Waals surface area contributed by atoms with E-state index in [1.807, 2.05) is 18.2 Å². The summed E-state index contributed by atoms with van der Waals surface area (Å²) in [5.74, 6) is -2.54.